The number of fused-ring (bicyclic) bond motifs is 2. The van der Waals surface area contributed by atoms with Crippen molar-refractivity contribution in [3.63, 3.8) is 0 Å². The van der Waals surface area contributed by atoms with Crippen molar-refractivity contribution in [2.45, 2.75) is 11.4 Å². The summed E-state index contributed by atoms with van der Waals surface area (Å²) >= 11 is 0. The Morgan fingerprint density at radius 3 is 2.22 bits per heavy atom. The summed E-state index contributed by atoms with van der Waals surface area (Å²) in [6.45, 7) is -0.579. The fraction of sp³-hybridized carbons (Fsp3) is 0.111. The van der Waals surface area contributed by atoms with Gasteiger partial charge in [0.2, 0.25) is 5.91 Å². The van der Waals surface area contributed by atoms with E-state index >= 15 is 0 Å². The molecule has 9 nitrogen and oxygen atoms in total. The van der Waals surface area contributed by atoms with Gasteiger partial charge < -0.3 is 10.6 Å². The number of nitrogens with zero attached hydrogens (tertiary/aromatic N) is 3. The van der Waals surface area contributed by atoms with Crippen LogP contribution in [0.2, 0.25) is 0 Å². The van der Waals surface area contributed by atoms with E-state index in [1.54, 1.807) is 42.5 Å². The maximum Gasteiger partial charge on any atom is 0.262 e. The molecule has 1 aliphatic rings. The summed E-state index contributed by atoms with van der Waals surface area (Å²) in [5, 5.41) is 0.846. The number of carbonyl (C=O) groups is 3. The Morgan fingerprint density at radius 1 is 0.919 bits per heavy atom. The van der Waals surface area contributed by atoms with Crippen LogP contribution in [0.15, 0.2) is 83.8 Å². The van der Waals surface area contributed by atoms with Gasteiger partial charge in [-0.2, -0.15) is 0 Å². The Morgan fingerprint density at radius 2 is 1.54 bits per heavy atom. The van der Waals surface area contributed by atoms with E-state index < -0.39 is 34.1 Å². The Labute approximate surface area is 213 Å². The van der Waals surface area contributed by atoms with Gasteiger partial charge in [0.05, 0.1) is 33.8 Å². The maximum absolute atomic E-state index is 13.7. The molecular formula is C27H22N4O5S. The molecule has 0 spiro atoms. The number of hydrogen-bond acceptors (Lipinski definition) is 7. The van der Waals surface area contributed by atoms with Gasteiger partial charge in [0.1, 0.15) is 12.4 Å². The predicted octanol–water partition coefficient (Wildman–Crippen LogP) is 3.05. The molecule has 0 saturated heterocycles. The number of para-hydroxylation sites is 1. The number of nitrogens with two attached hydrogens (primary N) is 1. The summed E-state index contributed by atoms with van der Waals surface area (Å²) < 4.78 is 25.1. The lowest BCUT2D eigenvalue weighted by Crippen LogP contribution is -2.43. The van der Waals surface area contributed by atoms with Gasteiger partial charge in [0, 0.05) is 11.6 Å². The third kappa shape index (κ3) is 4.54. The summed E-state index contributed by atoms with van der Waals surface area (Å²) in [5.74, 6) is -1.43. The van der Waals surface area contributed by atoms with Crippen molar-refractivity contribution in [2.75, 3.05) is 23.4 Å². The van der Waals surface area contributed by atoms with Crippen LogP contribution in [-0.2, 0) is 21.2 Å². The predicted molar refractivity (Wildman–Crippen MR) is 139 cm³/mol. The molecular weight excluding hydrogens is 492 g/mol. The number of anilines is 2. The number of aromatic nitrogens is 1. The zero-order chi connectivity index (χ0) is 26.3. The van der Waals surface area contributed by atoms with Crippen LogP contribution in [0.3, 0.4) is 0 Å². The molecule has 3 aromatic carbocycles. The number of sulfone groups is 1. The average Bonchev–Trinajstić information content (AvgIpc) is 3.11. The zero-order valence-electron chi connectivity index (χ0n) is 19.8. The molecule has 0 radical (unpaired) electrons. The van der Waals surface area contributed by atoms with Gasteiger partial charge in [-0.25, -0.2) is 13.4 Å². The molecule has 0 atom stereocenters. The topological polar surface area (TPSA) is 131 Å². The van der Waals surface area contributed by atoms with E-state index in [0.717, 1.165) is 16.5 Å². The van der Waals surface area contributed by atoms with Gasteiger partial charge >= 0.3 is 0 Å². The van der Waals surface area contributed by atoms with Crippen LogP contribution < -0.4 is 10.6 Å². The van der Waals surface area contributed by atoms with Gasteiger partial charge in [-0.05, 0) is 48.0 Å². The first-order chi connectivity index (χ1) is 17.6. The highest BCUT2D eigenvalue weighted by Crippen LogP contribution is 2.29. The largest absolute Gasteiger partial charge is 0.384 e. The lowest BCUT2D eigenvalue weighted by atomic mass is 10.1. The molecule has 2 heterocycles. The first kappa shape index (κ1) is 24.1. The van der Waals surface area contributed by atoms with Crippen molar-refractivity contribution in [3.8, 4) is 0 Å². The third-order valence-electron chi connectivity index (χ3n) is 6.15. The lowest BCUT2D eigenvalue weighted by molar-refractivity contribution is -0.119. The molecule has 1 aliphatic heterocycles. The number of pyridine rings is 1. The lowest BCUT2D eigenvalue weighted by Gasteiger charge is -2.27. The number of rotatable bonds is 6. The van der Waals surface area contributed by atoms with Gasteiger partial charge in [0.25, 0.3) is 11.8 Å². The SMILES string of the molecule is CS(=O)(=O)c1ccccc1N(Cc1ccc2ccc(N)nc2c1)C(=O)CN1C(=O)c2ccccc2C1=O. The highest BCUT2D eigenvalue weighted by molar-refractivity contribution is 7.90. The minimum Gasteiger partial charge on any atom is -0.384 e. The fourth-order valence-electron chi connectivity index (χ4n) is 4.36. The van der Waals surface area contributed by atoms with Crippen molar-refractivity contribution in [2.24, 2.45) is 0 Å². The second kappa shape index (κ2) is 9.14. The summed E-state index contributed by atoms with van der Waals surface area (Å²) in [7, 11) is -3.71. The maximum atomic E-state index is 13.7. The van der Waals surface area contributed by atoms with E-state index in [0.29, 0.717) is 16.9 Å². The Kier molecular flexibility index (Phi) is 5.96. The molecule has 3 amide bonds. The number of benzene rings is 3. The molecule has 1 aromatic heterocycles. The van der Waals surface area contributed by atoms with Gasteiger partial charge in [-0.15, -0.1) is 0 Å². The smallest absolute Gasteiger partial charge is 0.262 e. The number of amides is 3. The van der Waals surface area contributed by atoms with E-state index in [9.17, 15) is 22.8 Å². The molecule has 186 valence electrons. The number of hydrogen-bond donors (Lipinski definition) is 1. The normalized spacial score (nSPS) is 13.2. The second-order valence-corrected chi connectivity index (χ2v) is 10.7. The molecule has 0 saturated carbocycles. The van der Waals surface area contributed by atoms with Crippen LogP contribution in [0.25, 0.3) is 10.9 Å². The van der Waals surface area contributed by atoms with Gasteiger partial charge in [-0.3, -0.25) is 19.3 Å². The van der Waals surface area contributed by atoms with Gasteiger partial charge in [-0.1, -0.05) is 36.4 Å². The number of nitrogen functional groups attached to an aromatic ring is 1. The van der Waals surface area contributed by atoms with Crippen LogP contribution in [0, 0.1) is 0 Å². The second-order valence-electron chi connectivity index (χ2n) is 8.72. The van der Waals surface area contributed by atoms with Crippen molar-refractivity contribution in [3.05, 3.63) is 95.6 Å². The molecule has 37 heavy (non-hydrogen) atoms. The summed E-state index contributed by atoms with van der Waals surface area (Å²) in [5.41, 5.74) is 7.69. The van der Waals surface area contributed by atoms with E-state index in [1.807, 2.05) is 12.1 Å². The Bertz CT molecular complexity index is 1670. The van der Waals surface area contributed by atoms with Crippen molar-refractivity contribution < 1.29 is 22.8 Å². The van der Waals surface area contributed by atoms with E-state index in [1.165, 1.54) is 29.2 Å². The fourth-order valence-corrected chi connectivity index (χ4v) is 5.25. The molecule has 2 N–H and O–H groups in total. The molecule has 0 aliphatic carbocycles. The van der Waals surface area contributed by atoms with Crippen LogP contribution in [-0.4, -0.2) is 48.8 Å². The van der Waals surface area contributed by atoms with Crippen molar-refractivity contribution >= 4 is 50.0 Å². The minimum atomic E-state index is -3.71. The third-order valence-corrected chi connectivity index (χ3v) is 7.29. The molecule has 0 fully saturated rings. The molecule has 0 bridgehead atoms. The monoisotopic (exact) mass is 514 g/mol. The van der Waals surface area contributed by atoms with E-state index in [-0.39, 0.29) is 28.3 Å². The van der Waals surface area contributed by atoms with E-state index in [2.05, 4.69) is 4.98 Å². The first-order valence-corrected chi connectivity index (χ1v) is 13.2. The highest BCUT2D eigenvalue weighted by atomic mass is 32.2. The van der Waals surface area contributed by atoms with Crippen LogP contribution in [0.1, 0.15) is 26.3 Å². The quantitative estimate of drug-likeness (QED) is 0.391. The van der Waals surface area contributed by atoms with Crippen molar-refractivity contribution in [1.82, 2.24) is 9.88 Å². The zero-order valence-corrected chi connectivity index (χ0v) is 20.6. The van der Waals surface area contributed by atoms with Crippen LogP contribution in [0.5, 0.6) is 0 Å². The average molecular weight is 515 g/mol. The first-order valence-electron chi connectivity index (χ1n) is 11.3. The number of imide groups is 1. The van der Waals surface area contributed by atoms with Gasteiger partial charge in [0.15, 0.2) is 9.84 Å². The molecule has 5 rings (SSSR count). The number of carbonyl (C=O) groups excluding carboxylic acids is 3. The molecule has 0 unspecified atom stereocenters. The Hall–Kier alpha value is -4.57. The van der Waals surface area contributed by atoms with Crippen LogP contribution in [0.4, 0.5) is 11.5 Å². The van der Waals surface area contributed by atoms with E-state index in [4.69, 9.17) is 5.73 Å². The Balaban J connectivity index is 1.54. The molecule has 4 aromatic rings. The highest BCUT2D eigenvalue weighted by Gasteiger charge is 2.37. The standard InChI is InChI=1S/C27H22N4O5S/c1-37(35,36)23-9-5-4-8-22(23)30(15-17-10-11-18-12-13-24(28)29-21(18)14-17)25(32)16-31-26(33)19-6-2-3-7-20(19)27(31)34/h2-14H,15-16H2,1H3,(H2,28,29). The summed E-state index contributed by atoms with van der Waals surface area (Å²) in [4.78, 5) is 45.9. The summed E-state index contributed by atoms with van der Waals surface area (Å²) in [6.07, 6.45) is 1.06. The molecule has 10 heteroatoms. The van der Waals surface area contributed by atoms with Crippen molar-refractivity contribution in [1.29, 1.82) is 0 Å². The minimum absolute atomic E-state index is 0.0268. The summed E-state index contributed by atoms with van der Waals surface area (Å²) in [6, 6.07) is 21.4. The van der Waals surface area contributed by atoms with Crippen LogP contribution >= 0.6 is 0 Å².